The maximum Gasteiger partial charge on any atom is 0.339 e. The van der Waals surface area contributed by atoms with Crippen molar-refractivity contribution in [3.05, 3.63) is 23.8 Å². The van der Waals surface area contributed by atoms with E-state index in [0.29, 0.717) is 0 Å². The highest BCUT2D eigenvalue weighted by Gasteiger charge is 2.09. The van der Waals surface area contributed by atoms with E-state index in [2.05, 4.69) is 9.97 Å². The summed E-state index contributed by atoms with van der Waals surface area (Å²) in [4.78, 5) is 17.7. The van der Waals surface area contributed by atoms with Crippen LogP contribution in [0.15, 0.2) is 12.5 Å². The van der Waals surface area contributed by atoms with E-state index in [0.717, 1.165) is 0 Å². The first-order chi connectivity index (χ1) is 5.75. The van der Waals surface area contributed by atoms with Crippen LogP contribution in [0.25, 0.3) is 0 Å². The van der Waals surface area contributed by atoms with Gasteiger partial charge in [0.1, 0.15) is 11.9 Å². The van der Waals surface area contributed by atoms with Crippen molar-refractivity contribution in [3.8, 4) is 0 Å². The molecule has 12 heavy (non-hydrogen) atoms. The molecule has 1 aromatic heterocycles. The molecular formula is C6H7N3O3. The average molecular weight is 169 g/mol. The Bertz CT molecular complexity index is 289. The van der Waals surface area contributed by atoms with Crippen molar-refractivity contribution in [3.63, 3.8) is 0 Å². The third-order valence-corrected chi connectivity index (χ3v) is 1.27. The molecule has 0 spiro atoms. The number of hydrogen-bond donors (Lipinski definition) is 3. The minimum atomic E-state index is -1.11. The van der Waals surface area contributed by atoms with Gasteiger partial charge in [-0.25, -0.2) is 14.8 Å². The topological polar surface area (TPSA) is 95.3 Å². The van der Waals surface area contributed by atoms with Crippen LogP contribution in [0.2, 0.25) is 0 Å². The Balaban J connectivity index is 3.00. The lowest BCUT2D eigenvalue weighted by Crippen LogP contribution is -2.13. The van der Waals surface area contributed by atoms with E-state index < -0.39 is 5.97 Å². The molecule has 0 unspecified atom stereocenters. The third-order valence-electron chi connectivity index (χ3n) is 1.27. The van der Waals surface area contributed by atoms with E-state index in [-0.39, 0.29) is 17.8 Å². The highest BCUT2D eigenvalue weighted by atomic mass is 16.5. The molecule has 0 aliphatic carbocycles. The molecule has 0 saturated heterocycles. The normalized spacial score (nSPS) is 9.75. The lowest BCUT2D eigenvalue weighted by Gasteiger charge is -2.00. The molecule has 6 heteroatoms. The van der Waals surface area contributed by atoms with Gasteiger partial charge in [-0.2, -0.15) is 5.48 Å². The molecule has 0 saturated carbocycles. The number of nitrogens with one attached hydrogen (secondary N) is 1. The molecule has 0 aliphatic heterocycles. The summed E-state index contributed by atoms with van der Waals surface area (Å²) >= 11 is 0. The van der Waals surface area contributed by atoms with Crippen LogP contribution in [0.3, 0.4) is 0 Å². The number of carboxylic acid groups (broad SMARTS) is 1. The van der Waals surface area contributed by atoms with E-state index in [1.807, 2.05) is 5.48 Å². The summed E-state index contributed by atoms with van der Waals surface area (Å²) in [5.41, 5.74) is 2.06. The van der Waals surface area contributed by atoms with Gasteiger partial charge >= 0.3 is 5.97 Å². The third kappa shape index (κ3) is 1.74. The number of hydrogen-bond acceptors (Lipinski definition) is 5. The summed E-state index contributed by atoms with van der Waals surface area (Å²) in [5, 5.41) is 16.9. The summed E-state index contributed by atoms with van der Waals surface area (Å²) in [6.45, 7) is -0.00977. The fourth-order valence-electron chi connectivity index (χ4n) is 0.749. The number of carbonyl (C=O) groups is 1. The summed E-state index contributed by atoms with van der Waals surface area (Å²) < 4.78 is 0. The molecule has 0 atom stereocenters. The van der Waals surface area contributed by atoms with E-state index >= 15 is 0 Å². The Morgan fingerprint density at radius 2 is 2.42 bits per heavy atom. The highest BCUT2D eigenvalue weighted by Crippen LogP contribution is 2.02. The van der Waals surface area contributed by atoms with Gasteiger partial charge in [-0.3, -0.25) is 0 Å². The first-order valence-corrected chi connectivity index (χ1v) is 3.15. The van der Waals surface area contributed by atoms with Gasteiger partial charge in [0.15, 0.2) is 0 Å². The van der Waals surface area contributed by atoms with Crippen LogP contribution in [-0.4, -0.2) is 26.3 Å². The number of hydroxylamine groups is 1. The smallest absolute Gasteiger partial charge is 0.339 e. The monoisotopic (exact) mass is 169 g/mol. The molecule has 1 heterocycles. The maximum absolute atomic E-state index is 10.5. The summed E-state index contributed by atoms with van der Waals surface area (Å²) in [5.74, 6) is -1.11. The second-order valence-electron chi connectivity index (χ2n) is 2.02. The molecule has 6 nitrogen and oxygen atoms in total. The Labute approximate surface area is 67.9 Å². The van der Waals surface area contributed by atoms with Gasteiger partial charge in [-0.05, 0) is 0 Å². The van der Waals surface area contributed by atoms with Crippen LogP contribution in [0, 0.1) is 0 Å². The average Bonchev–Trinajstić information content (AvgIpc) is 2.05. The van der Waals surface area contributed by atoms with Crippen molar-refractivity contribution in [2.24, 2.45) is 0 Å². The van der Waals surface area contributed by atoms with Gasteiger partial charge in [0.05, 0.1) is 12.2 Å². The number of carboxylic acids is 1. The van der Waals surface area contributed by atoms with E-state index in [1.165, 1.54) is 12.5 Å². The van der Waals surface area contributed by atoms with Crippen molar-refractivity contribution in [2.75, 3.05) is 0 Å². The van der Waals surface area contributed by atoms with Crippen LogP contribution in [0.5, 0.6) is 0 Å². The van der Waals surface area contributed by atoms with Crippen molar-refractivity contribution < 1.29 is 15.1 Å². The zero-order valence-electron chi connectivity index (χ0n) is 6.06. The molecule has 1 rings (SSSR count). The van der Waals surface area contributed by atoms with Crippen molar-refractivity contribution in [1.82, 2.24) is 15.4 Å². The molecule has 0 radical (unpaired) electrons. The molecule has 0 amide bonds. The summed E-state index contributed by atoms with van der Waals surface area (Å²) in [6.07, 6.45) is 2.40. The minimum Gasteiger partial charge on any atom is -0.478 e. The van der Waals surface area contributed by atoms with Crippen molar-refractivity contribution in [1.29, 1.82) is 0 Å². The van der Waals surface area contributed by atoms with Crippen LogP contribution in [0.4, 0.5) is 0 Å². The maximum atomic E-state index is 10.5. The predicted molar refractivity (Wildman–Crippen MR) is 37.6 cm³/mol. The standard InChI is InChI=1S/C6H7N3O3/c10-6(11)4-1-7-3-8-5(4)2-9-12/h1,3,9,12H,2H2,(H,10,11). The molecule has 0 aliphatic rings. The molecule has 0 aromatic carbocycles. The quantitative estimate of drug-likeness (QED) is 0.535. The molecule has 64 valence electrons. The molecule has 0 bridgehead atoms. The second kappa shape index (κ2) is 3.74. The van der Waals surface area contributed by atoms with E-state index in [1.54, 1.807) is 0 Å². The van der Waals surface area contributed by atoms with Gasteiger partial charge in [0.2, 0.25) is 0 Å². The highest BCUT2D eigenvalue weighted by molar-refractivity contribution is 5.88. The van der Waals surface area contributed by atoms with Crippen LogP contribution in [-0.2, 0) is 6.54 Å². The Morgan fingerprint density at radius 1 is 1.67 bits per heavy atom. The Morgan fingerprint density at radius 3 is 3.00 bits per heavy atom. The number of rotatable bonds is 3. The predicted octanol–water partition coefficient (Wildman–Crippen LogP) is -0.346. The molecule has 3 N–H and O–H groups in total. The fraction of sp³-hybridized carbons (Fsp3) is 0.167. The first kappa shape index (κ1) is 8.57. The Hall–Kier alpha value is -1.53. The van der Waals surface area contributed by atoms with Gasteiger partial charge in [0.25, 0.3) is 0 Å². The van der Waals surface area contributed by atoms with Crippen LogP contribution >= 0.6 is 0 Å². The minimum absolute atomic E-state index is 0.00977. The lowest BCUT2D eigenvalue weighted by molar-refractivity contribution is 0.0693. The van der Waals surface area contributed by atoms with Crippen LogP contribution < -0.4 is 5.48 Å². The van der Waals surface area contributed by atoms with E-state index in [9.17, 15) is 4.79 Å². The number of aromatic carboxylic acids is 1. The lowest BCUT2D eigenvalue weighted by atomic mass is 10.2. The van der Waals surface area contributed by atoms with Gasteiger partial charge in [0, 0.05) is 6.20 Å². The number of aromatic nitrogens is 2. The number of nitrogens with zero attached hydrogens (tertiary/aromatic N) is 2. The fourth-order valence-corrected chi connectivity index (χ4v) is 0.749. The zero-order chi connectivity index (χ0) is 8.97. The van der Waals surface area contributed by atoms with Crippen molar-refractivity contribution >= 4 is 5.97 Å². The van der Waals surface area contributed by atoms with Gasteiger partial charge in [-0.15, -0.1) is 0 Å². The SMILES string of the molecule is O=C(O)c1cncnc1CNO. The Kier molecular flexibility index (Phi) is 2.67. The zero-order valence-corrected chi connectivity index (χ0v) is 6.06. The van der Waals surface area contributed by atoms with Crippen LogP contribution in [0.1, 0.15) is 16.1 Å². The summed E-state index contributed by atoms with van der Waals surface area (Å²) in [7, 11) is 0. The molecular weight excluding hydrogens is 162 g/mol. The molecule has 1 aromatic rings. The van der Waals surface area contributed by atoms with Gasteiger partial charge < -0.3 is 10.3 Å². The molecule has 0 fully saturated rings. The summed E-state index contributed by atoms with van der Waals surface area (Å²) in [6, 6.07) is 0. The first-order valence-electron chi connectivity index (χ1n) is 3.15. The van der Waals surface area contributed by atoms with E-state index in [4.69, 9.17) is 10.3 Å². The largest absolute Gasteiger partial charge is 0.478 e. The van der Waals surface area contributed by atoms with Gasteiger partial charge in [-0.1, -0.05) is 0 Å². The second-order valence-corrected chi connectivity index (χ2v) is 2.02. The van der Waals surface area contributed by atoms with Crippen molar-refractivity contribution in [2.45, 2.75) is 6.54 Å².